The summed E-state index contributed by atoms with van der Waals surface area (Å²) < 4.78 is 5.41. The fourth-order valence-corrected chi connectivity index (χ4v) is 3.16. The van der Waals surface area contributed by atoms with E-state index in [4.69, 9.17) is 4.74 Å². The first-order chi connectivity index (χ1) is 12.1. The Bertz CT molecular complexity index is 525. The van der Waals surface area contributed by atoms with Crippen LogP contribution in [0.4, 0.5) is 4.79 Å². The first kappa shape index (κ1) is 19.6. The second-order valence-corrected chi connectivity index (χ2v) is 7.16. The van der Waals surface area contributed by atoms with Crippen molar-refractivity contribution in [2.75, 3.05) is 46.4 Å². The zero-order chi connectivity index (χ0) is 18.1. The minimum Gasteiger partial charge on any atom is -0.496 e. The Hall–Kier alpha value is -1.75. The van der Waals surface area contributed by atoms with Gasteiger partial charge in [-0.1, -0.05) is 32.0 Å². The van der Waals surface area contributed by atoms with E-state index in [1.54, 1.807) is 7.11 Å². The zero-order valence-electron chi connectivity index (χ0n) is 16.0. The molecule has 0 radical (unpaired) electrons. The SMILES string of the molecule is COc1ccccc1CCCN1CCN(C(=O)NCCC(C)C)CC1. The number of benzene rings is 1. The second-order valence-electron chi connectivity index (χ2n) is 7.16. The summed E-state index contributed by atoms with van der Waals surface area (Å²) in [6.45, 7) is 9.76. The highest BCUT2D eigenvalue weighted by atomic mass is 16.5. The number of urea groups is 1. The van der Waals surface area contributed by atoms with E-state index in [2.05, 4.69) is 36.2 Å². The number of carbonyl (C=O) groups excluding carboxylic acids is 1. The highest BCUT2D eigenvalue weighted by Crippen LogP contribution is 2.19. The van der Waals surface area contributed by atoms with Crippen LogP contribution in [0.25, 0.3) is 0 Å². The molecule has 0 spiro atoms. The fourth-order valence-electron chi connectivity index (χ4n) is 3.16. The van der Waals surface area contributed by atoms with E-state index < -0.39 is 0 Å². The van der Waals surface area contributed by atoms with Crippen molar-refractivity contribution in [3.63, 3.8) is 0 Å². The molecule has 1 saturated heterocycles. The van der Waals surface area contributed by atoms with Crippen LogP contribution in [-0.2, 0) is 6.42 Å². The molecule has 1 aliphatic rings. The van der Waals surface area contributed by atoms with E-state index in [1.807, 2.05) is 17.0 Å². The van der Waals surface area contributed by atoms with Crippen LogP contribution in [0, 0.1) is 5.92 Å². The number of para-hydroxylation sites is 1. The van der Waals surface area contributed by atoms with Crippen molar-refractivity contribution in [2.24, 2.45) is 5.92 Å². The molecule has 1 aromatic carbocycles. The summed E-state index contributed by atoms with van der Waals surface area (Å²) in [5.74, 6) is 1.60. The van der Waals surface area contributed by atoms with Crippen molar-refractivity contribution < 1.29 is 9.53 Å². The molecular formula is C20H33N3O2. The molecule has 1 N–H and O–H groups in total. The van der Waals surface area contributed by atoms with Crippen molar-refractivity contribution in [1.29, 1.82) is 0 Å². The van der Waals surface area contributed by atoms with Crippen molar-refractivity contribution in [1.82, 2.24) is 15.1 Å². The summed E-state index contributed by atoms with van der Waals surface area (Å²) in [4.78, 5) is 16.5. The number of hydrogen-bond donors (Lipinski definition) is 1. The number of hydrogen-bond acceptors (Lipinski definition) is 3. The summed E-state index contributed by atoms with van der Waals surface area (Å²) in [6, 6.07) is 8.32. The molecule has 0 saturated carbocycles. The Morgan fingerprint density at radius 2 is 1.92 bits per heavy atom. The summed E-state index contributed by atoms with van der Waals surface area (Å²) in [5, 5.41) is 3.03. The molecule has 2 rings (SSSR count). The lowest BCUT2D eigenvalue weighted by Gasteiger charge is -2.34. The number of methoxy groups -OCH3 is 1. The molecule has 0 atom stereocenters. The van der Waals surface area contributed by atoms with E-state index in [0.717, 1.165) is 64.3 Å². The largest absolute Gasteiger partial charge is 0.496 e. The average Bonchev–Trinajstić information content (AvgIpc) is 2.62. The van der Waals surface area contributed by atoms with Crippen LogP contribution in [-0.4, -0.2) is 62.2 Å². The van der Waals surface area contributed by atoms with Crippen LogP contribution in [0.5, 0.6) is 5.75 Å². The molecule has 0 aliphatic carbocycles. The first-order valence-corrected chi connectivity index (χ1v) is 9.47. The molecule has 140 valence electrons. The van der Waals surface area contributed by atoms with Crippen molar-refractivity contribution >= 4 is 6.03 Å². The molecule has 1 aromatic rings. The topological polar surface area (TPSA) is 44.8 Å². The second kappa shape index (κ2) is 10.3. The lowest BCUT2D eigenvalue weighted by molar-refractivity contribution is 0.138. The maximum Gasteiger partial charge on any atom is 0.317 e. The van der Waals surface area contributed by atoms with Crippen LogP contribution in [0.15, 0.2) is 24.3 Å². The Kier molecular flexibility index (Phi) is 8.06. The molecule has 1 fully saturated rings. The molecule has 5 nitrogen and oxygen atoms in total. The summed E-state index contributed by atoms with van der Waals surface area (Å²) in [5.41, 5.74) is 1.27. The molecule has 0 bridgehead atoms. The van der Waals surface area contributed by atoms with Crippen LogP contribution in [0.3, 0.4) is 0 Å². The summed E-state index contributed by atoms with van der Waals surface area (Å²) >= 11 is 0. The van der Waals surface area contributed by atoms with Gasteiger partial charge in [0, 0.05) is 32.7 Å². The van der Waals surface area contributed by atoms with E-state index >= 15 is 0 Å². The van der Waals surface area contributed by atoms with E-state index in [9.17, 15) is 4.79 Å². The van der Waals surface area contributed by atoms with Gasteiger partial charge in [-0.15, -0.1) is 0 Å². The smallest absolute Gasteiger partial charge is 0.317 e. The molecule has 1 aliphatic heterocycles. The third kappa shape index (κ3) is 6.58. The minimum absolute atomic E-state index is 0.0920. The van der Waals surface area contributed by atoms with E-state index in [-0.39, 0.29) is 6.03 Å². The van der Waals surface area contributed by atoms with Crippen molar-refractivity contribution in [2.45, 2.75) is 33.1 Å². The zero-order valence-corrected chi connectivity index (χ0v) is 16.0. The normalized spacial score (nSPS) is 15.4. The first-order valence-electron chi connectivity index (χ1n) is 9.47. The molecule has 25 heavy (non-hydrogen) atoms. The Morgan fingerprint density at radius 3 is 2.60 bits per heavy atom. The predicted octanol–water partition coefficient (Wildman–Crippen LogP) is 3.00. The molecular weight excluding hydrogens is 314 g/mol. The van der Waals surface area contributed by atoms with E-state index in [0.29, 0.717) is 5.92 Å². The van der Waals surface area contributed by atoms with Crippen LogP contribution in [0.2, 0.25) is 0 Å². The third-order valence-corrected chi connectivity index (χ3v) is 4.77. The predicted molar refractivity (Wildman–Crippen MR) is 102 cm³/mol. The maximum atomic E-state index is 12.1. The quantitative estimate of drug-likeness (QED) is 0.786. The van der Waals surface area contributed by atoms with Crippen LogP contribution >= 0.6 is 0 Å². The number of nitrogens with zero attached hydrogens (tertiary/aromatic N) is 2. The van der Waals surface area contributed by atoms with Crippen LogP contribution in [0.1, 0.15) is 32.3 Å². The average molecular weight is 348 g/mol. The monoisotopic (exact) mass is 347 g/mol. The lowest BCUT2D eigenvalue weighted by Crippen LogP contribution is -2.52. The molecule has 2 amide bonds. The van der Waals surface area contributed by atoms with Gasteiger partial charge in [0.15, 0.2) is 0 Å². The number of amides is 2. The number of piperazine rings is 1. The highest BCUT2D eigenvalue weighted by Gasteiger charge is 2.20. The summed E-state index contributed by atoms with van der Waals surface area (Å²) in [7, 11) is 1.73. The van der Waals surface area contributed by atoms with Gasteiger partial charge in [-0.3, -0.25) is 4.90 Å². The molecule has 5 heteroatoms. The standard InChI is InChI=1S/C20H33N3O2/c1-17(2)10-11-21-20(24)23-15-13-22(14-16-23)12-6-8-18-7-4-5-9-19(18)25-3/h4-5,7,9,17H,6,8,10-16H2,1-3H3,(H,21,24). The van der Waals surface area contributed by atoms with Crippen molar-refractivity contribution in [3.8, 4) is 5.75 Å². The van der Waals surface area contributed by atoms with Gasteiger partial charge in [0.05, 0.1) is 7.11 Å². The number of ether oxygens (including phenoxy) is 1. The number of rotatable bonds is 8. The fraction of sp³-hybridized carbons (Fsp3) is 0.650. The Morgan fingerprint density at radius 1 is 1.20 bits per heavy atom. The number of nitrogens with one attached hydrogen (secondary N) is 1. The number of carbonyl (C=O) groups is 1. The molecule has 0 aromatic heterocycles. The maximum absolute atomic E-state index is 12.1. The van der Waals surface area contributed by atoms with Crippen LogP contribution < -0.4 is 10.1 Å². The Labute approximate surface area is 152 Å². The van der Waals surface area contributed by atoms with Gasteiger partial charge in [-0.25, -0.2) is 4.79 Å². The third-order valence-electron chi connectivity index (χ3n) is 4.77. The van der Waals surface area contributed by atoms with Gasteiger partial charge in [0.25, 0.3) is 0 Å². The van der Waals surface area contributed by atoms with E-state index in [1.165, 1.54) is 5.56 Å². The van der Waals surface area contributed by atoms with Gasteiger partial charge in [-0.05, 0) is 43.4 Å². The van der Waals surface area contributed by atoms with Gasteiger partial charge in [0.1, 0.15) is 5.75 Å². The number of aryl methyl sites for hydroxylation is 1. The minimum atomic E-state index is 0.0920. The molecule has 0 unspecified atom stereocenters. The van der Waals surface area contributed by atoms with Gasteiger partial charge < -0.3 is 15.0 Å². The van der Waals surface area contributed by atoms with Gasteiger partial charge in [0.2, 0.25) is 0 Å². The molecule has 1 heterocycles. The van der Waals surface area contributed by atoms with Gasteiger partial charge in [-0.2, -0.15) is 0 Å². The lowest BCUT2D eigenvalue weighted by atomic mass is 10.1. The van der Waals surface area contributed by atoms with Gasteiger partial charge >= 0.3 is 6.03 Å². The Balaban J connectivity index is 1.64. The van der Waals surface area contributed by atoms with Crippen molar-refractivity contribution in [3.05, 3.63) is 29.8 Å². The summed E-state index contributed by atoms with van der Waals surface area (Å²) in [6.07, 6.45) is 3.18. The highest BCUT2D eigenvalue weighted by molar-refractivity contribution is 5.74.